The average molecular weight is 426 g/mol. The summed E-state index contributed by atoms with van der Waals surface area (Å²) >= 11 is 0. The van der Waals surface area contributed by atoms with Crippen molar-refractivity contribution in [2.45, 2.75) is 38.7 Å². The first kappa shape index (κ1) is 21.0. The second-order valence-corrected chi connectivity index (χ2v) is 8.19. The number of aryl methyl sites for hydroxylation is 1. The number of piperidine rings is 1. The van der Waals surface area contributed by atoms with Crippen LogP contribution in [0.25, 0.3) is 16.9 Å². The molecule has 3 N–H and O–H groups in total. The summed E-state index contributed by atoms with van der Waals surface area (Å²) in [6.45, 7) is 4.37. The Bertz CT molecular complexity index is 1160. The number of alkyl halides is 2. The normalized spacial score (nSPS) is 17.1. The smallest absolute Gasteiger partial charge is 0.270 e. The summed E-state index contributed by atoms with van der Waals surface area (Å²) in [5.74, 6) is 0.989. The number of nitrogens with two attached hydrogens (primary N) is 1. The van der Waals surface area contributed by atoms with Crippen LogP contribution in [0.1, 0.15) is 30.9 Å². The Morgan fingerprint density at radius 3 is 2.68 bits per heavy atom. The topological polar surface area (TPSA) is 103 Å². The lowest BCUT2D eigenvalue weighted by Gasteiger charge is -2.30. The summed E-state index contributed by atoms with van der Waals surface area (Å²) in [5, 5.41) is 19.4. The monoisotopic (exact) mass is 426 g/mol. The van der Waals surface area contributed by atoms with Gasteiger partial charge in [0.05, 0.1) is 24.2 Å². The number of halogens is 2. The van der Waals surface area contributed by atoms with Gasteiger partial charge in [0.2, 0.25) is 0 Å². The second kappa shape index (κ2) is 7.78. The van der Waals surface area contributed by atoms with Crippen LogP contribution in [0.4, 0.5) is 20.4 Å². The number of nitriles is 1. The Balaban J connectivity index is 1.79. The number of nitrogens with zero attached hydrogens (tertiary/aromatic N) is 5. The zero-order valence-corrected chi connectivity index (χ0v) is 17.4. The molecule has 2 aromatic heterocycles. The van der Waals surface area contributed by atoms with Crippen molar-refractivity contribution >= 4 is 17.3 Å². The molecule has 3 aromatic rings. The Labute approximate surface area is 178 Å². The molecule has 0 aliphatic carbocycles. The number of hydrogen-bond donors (Lipinski definition) is 2. The molecule has 0 bridgehead atoms. The Hall–Kier alpha value is -3.25. The van der Waals surface area contributed by atoms with Gasteiger partial charge in [-0.05, 0) is 43.9 Å². The maximum absolute atomic E-state index is 13.4. The van der Waals surface area contributed by atoms with E-state index in [1.165, 1.54) is 6.07 Å². The standard InChI is InChI=1S/C22H24F2N6O/c1-13-3-4-15(22(2,31)21(23)24)9-16(13)17-11-27-20-19(26)28-18(12-30(17)20)29-7-5-14(10-25)6-8-29/h3-4,9,11-12,14,21,31H,5-8H2,1-2H3,(H2,26,28). The first-order valence-electron chi connectivity index (χ1n) is 10.1. The lowest BCUT2D eigenvalue weighted by atomic mass is 9.92. The molecule has 3 heterocycles. The maximum Gasteiger partial charge on any atom is 0.270 e. The summed E-state index contributed by atoms with van der Waals surface area (Å²) in [7, 11) is 0. The van der Waals surface area contributed by atoms with Crippen LogP contribution in [0.5, 0.6) is 0 Å². The van der Waals surface area contributed by atoms with E-state index in [1.54, 1.807) is 22.7 Å². The quantitative estimate of drug-likeness (QED) is 0.662. The molecule has 31 heavy (non-hydrogen) atoms. The Kier molecular flexibility index (Phi) is 5.27. The minimum atomic E-state index is -2.92. The van der Waals surface area contributed by atoms with Crippen LogP contribution in [0.15, 0.2) is 30.6 Å². The van der Waals surface area contributed by atoms with Gasteiger partial charge in [0.15, 0.2) is 11.5 Å². The van der Waals surface area contributed by atoms with Gasteiger partial charge in [-0.1, -0.05) is 12.1 Å². The van der Waals surface area contributed by atoms with Gasteiger partial charge in [0, 0.05) is 24.6 Å². The van der Waals surface area contributed by atoms with Crippen molar-refractivity contribution in [3.8, 4) is 17.3 Å². The maximum atomic E-state index is 13.4. The number of imidazole rings is 1. The number of hydrogen-bond acceptors (Lipinski definition) is 6. The van der Waals surface area contributed by atoms with E-state index < -0.39 is 12.0 Å². The predicted molar refractivity (Wildman–Crippen MR) is 114 cm³/mol. The first-order valence-corrected chi connectivity index (χ1v) is 10.1. The summed E-state index contributed by atoms with van der Waals surface area (Å²) in [6.07, 6.45) is 2.06. The minimum Gasteiger partial charge on any atom is -0.381 e. The summed E-state index contributed by atoms with van der Waals surface area (Å²) in [5.41, 5.74) is 6.69. The highest BCUT2D eigenvalue weighted by atomic mass is 19.3. The third-order valence-corrected chi connectivity index (χ3v) is 6.03. The Morgan fingerprint density at radius 1 is 1.32 bits per heavy atom. The van der Waals surface area contributed by atoms with Crippen LogP contribution in [-0.2, 0) is 5.60 Å². The molecular weight excluding hydrogens is 402 g/mol. The molecule has 1 aliphatic rings. The van der Waals surface area contributed by atoms with Crippen molar-refractivity contribution in [1.29, 1.82) is 5.26 Å². The molecule has 4 rings (SSSR count). The Morgan fingerprint density at radius 2 is 2.03 bits per heavy atom. The summed E-state index contributed by atoms with van der Waals surface area (Å²) in [4.78, 5) is 10.9. The van der Waals surface area contributed by atoms with E-state index in [-0.39, 0.29) is 17.3 Å². The molecule has 1 aromatic carbocycles. The first-order chi connectivity index (χ1) is 14.7. The van der Waals surface area contributed by atoms with Crippen LogP contribution >= 0.6 is 0 Å². The highest BCUT2D eigenvalue weighted by Gasteiger charge is 2.34. The molecule has 1 atom stereocenters. The van der Waals surface area contributed by atoms with E-state index in [2.05, 4.69) is 20.9 Å². The zero-order chi connectivity index (χ0) is 22.3. The predicted octanol–water partition coefficient (Wildman–Crippen LogP) is 3.50. The summed E-state index contributed by atoms with van der Waals surface area (Å²) < 4.78 is 28.5. The molecule has 162 valence electrons. The molecular formula is C22H24F2N6O. The SMILES string of the molecule is Cc1ccc(C(C)(O)C(F)F)cc1-c1cnc2c(N)nc(N3CCC(C#N)CC3)cn12. The zero-order valence-electron chi connectivity index (χ0n) is 17.4. The van der Waals surface area contributed by atoms with Gasteiger partial charge >= 0.3 is 0 Å². The van der Waals surface area contributed by atoms with Crippen molar-refractivity contribution < 1.29 is 13.9 Å². The van der Waals surface area contributed by atoms with Crippen LogP contribution in [0.3, 0.4) is 0 Å². The van der Waals surface area contributed by atoms with Gasteiger partial charge in [-0.15, -0.1) is 0 Å². The van der Waals surface area contributed by atoms with E-state index in [1.807, 2.05) is 13.1 Å². The van der Waals surface area contributed by atoms with Crippen LogP contribution in [0, 0.1) is 24.2 Å². The number of fused-ring (bicyclic) bond motifs is 1. The molecule has 0 saturated carbocycles. The van der Waals surface area contributed by atoms with Crippen LogP contribution < -0.4 is 10.6 Å². The van der Waals surface area contributed by atoms with E-state index in [0.29, 0.717) is 35.8 Å². The lowest BCUT2D eigenvalue weighted by Crippen LogP contribution is -2.34. The average Bonchev–Trinajstić information content (AvgIpc) is 3.18. The van der Waals surface area contributed by atoms with Crippen molar-refractivity contribution in [1.82, 2.24) is 14.4 Å². The fourth-order valence-corrected chi connectivity index (χ4v) is 3.93. The molecule has 1 aliphatic heterocycles. The van der Waals surface area contributed by atoms with Crippen molar-refractivity contribution in [3.63, 3.8) is 0 Å². The van der Waals surface area contributed by atoms with E-state index in [9.17, 15) is 13.9 Å². The third-order valence-electron chi connectivity index (χ3n) is 6.03. The molecule has 0 amide bonds. The number of aromatic nitrogens is 3. The summed E-state index contributed by atoms with van der Waals surface area (Å²) in [6, 6.07) is 7.10. The molecule has 1 fully saturated rings. The molecule has 1 unspecified atom stereocenters. The molecule has 9 heteroatoms. The highest BCUT2D eigenvalue weighted by molar-refractivity contribution is 5.73. The molecule has 0 radical (unpaired) electrons. The fourth-order valence-electron chi connectivity index (χ4n) is 3.93. The third kappa shape index (κ3) is 3.68. The second-order valence-electron chi connectivity index (χ2n) is 8.19. The number of aliphatic hydroxyl groups is 1. The van der Waals surface area contributed by atoms with E-state index in [4.69, 9.17) is 11.0 Å². The van der Waals surface area contributed by atoms with Crippen LogP contribution in [0.2, 0.25) is 0 Å². The largest absolute Gasteiger partial charge is 0.381 e. The lowest BCUT2D eigenvalue weighted by molar-refractivity contribution is -0.0883. The van der Waals surface area contributed by atoms with Crippen molar-refractivity contribution in [2.24, 2.45) is 5.92 Å². The molecule has 7 nitrogen and oxygen atoms in total. The number of benzene rings is 1. The van der Waals surface area contributed by atoms with Gasteiger partial charge in [-0.3, -0.25) is 4.40 Å². The van der Waals surface area contributed by atoms with Gasteiger partial charge in [0.1, 0.15) is 11.4 Å². The number of rotatable bonds is 4. The molecule has 0 spiro atoms. The minimum absolute atomic E-state index is 0.0501. The van der Waals surface area contributed by atoms with Crippen molar-refractivity contribution in [3.05, 3.63) is 41.7 Å². The molecule has 1 saturated heterocycles. The van der Waals surface area contributed by atoms with Crippen LogP contribution in [-0.4, -0.2) is 39.0 Å². The number of nitrogen functional groups attached to an aromatic ring is 1. The van der Waals surface area contributed by atoms with Gasteiger partial charge in [0.25, 0.3) is 6.43 Å². The van der Waals surface area contributed by atoms with E-state index >= 15 is 0 Å². The van der Waals surface area contributed by atoms with Crippen molar-refractivity contribution in [2.75, 3.05) is 23.7 Å². The fraction of sp³-hybridized carbons (Fsp3) is 0.409. The van der Waals surface area contributed by atoms with E-state index in [0.717, 1.165) is 25.3 Å². The van der Waals surface area contributed by atoms with Gasteiger partial charge < -0.3 is 15.7 Å². The van der Waals surface area contributed by atoms with Gasteiger partial charge in [-0.2, -0.15) is 5.26 Å². The highest BCUT2D eigenvalue weighted by Crippen LogP contribution is 2.34. The van der Waals surface area contributed by atoms with Gasteiger partial charge in [-0.25, -0.2) is 18.7 Å². The number of anilines is 2.